The Labute approximate surface area is 130 Å². The summed E-state index contributed by atoms with van der Waals surface area (Å²) in [6, 6.07) is 7.20. The van der Waals surface area contributed by atoms with Gasteiger partial charge < -0.3 is 5.32 Å². The van der Waals surface area contributed by atoms with Crippen molar-refractivity contribution in [3.8, 4) is 0 Å². The summed E-state index contributed by atoms with van der Waals surface area (Å²) in [5, 5.41) is 3.55. The molecule has 2 heteroatoms. The van der Waals surface area contributed by atoms with Gasteiger partial charge in [-0.25, -0.2) is 4.39 Å². The molecule has 0 heterocycles. The van der Waals surface area contributed by atoms with E-state index in [1.165, 1.54) is 19.3 Å². The van der Waals surface area contributed by atoms with E-state index in [0.717, 1.165) is 25.1 Å². The quantitative estimate of drug-likeness (QED) is 0.636. The Morgan fingerprint density at radius 1 is 1.10 bits per heavy atom. The van der Waals surface area contributed by atoms with Crippen molar-refractivity contribution in [2.75, 3.05) is 13.1 Å². The molecule has 0 saturated heterocycles. The molecule has 1 rings (SSSR count). The first-order chi connectivity index (χ1) is 10.0. The maximum atomic E-state index is 13.9. The highest BCUT2D eigenvalue weighted by atomic mass is 19.1. The lowest BCUT2D eigenvalue weighted by Crippen LogP contribution is -2.28. The zero-order chi connectivity index (χ0) is 15.7. The topological polar surface area (TPSA) is 12.0 Å². The van der Waals surface area contributed by atoms with Crippen molar-refractivity contribution >= 4 is 0 Å². The van der Waals surface area contributed by atoms with Crippen molar-refractivity contribution in [2.24, 2.45) is 17.8 Å². The van der Waals surface area contributed by atoms with Crippen molar-refractivity contribution in [1.82, 2.24) is 5.32 Å². The van der Waals surface area contributed by atoms with E-state index in [9.17, 15) is 4.39 Å². The van der Waals surface area contributed by atoms with Crippen LogP contribution in [0.4, 0.5) is 4.39 Å². The van der Waals surface area contributed by atoms with E-state index in [-0.39, 0.29) is 5.82 Å². The average molecular weight is 293 g/mol. The van der Waals surface area contributed by atoms with Gasteiger partial charge in [0, 0.05) is 0 Å². The number of benzene rings is 1. The van der Waals surface area contributed by atoms with Crippen LogP contribution < -0.4 is 5.32 Å². The molecule has 0 saturated carbocycles. The van der Waals surface area contributed by atoms with Gasteiger partial charge in [-0.15, -0.1) is 0 Å². The van der Waals surface area contributed by atoms with Crippen LogP contribution in [0.1, 0.15) is 52.5 Å². The maximum absolute atomic E-state index is 13.9. The van der Waals surface area contributed by atoms with Crippen molar-refractivity contribution < 1.29 is 4.39 Å². The van der Waals surface area contributed by atoms with Crippen LogP contribution in [0.2, 0.25) is 0 Å². The molecule has 1 aromatic rings. The molecule has 0 aliphatic carbocycles. The number of nitrogens with one attached hydrogen (secondary N) is 1. The molecule has 0 bridgehead atoms. The molecule has 1 N–H and O–H groups in total. The first-order valence-corrected chi connectivity index (χ1v) is 8.47. The Morgan fingerprint density at radius 3 is 2.43 bits per heavy atom. The van der Waals surface area contributed by atoms with E-state index in [1.807, 2.05) is 12.1 Å². The molecule has 120 valence electrons. The highest BCUT2D eigenvalue weighted by Crippen LogP contribution is 2.21. The van der Waals surface area contributed by atoms with Crippen molar-refractivity contribution in [3.63, 3.8) is 0 Å². The van der Waals surface area contributed by atoms with Crippen LogP contribution in [-0.2, 0) is 6.42 Å². The molecule has 0 amide bonds. The molecule has 21 heavy (non-hydrogen) atoms. The van der Waals surface area contributed by atoms with Crippen LogP contribution in [0.15, 0.2) is 24.3 Å². The number of halogens is 1. The summed E-state index contributed by atoms with van der Waals surface area (Å²) in [4.78, 5) is 0. The van der Waals surface area contributed by atoms with Crippen molar-refractivity contribution in [2.45, 2.75) is 53.4 Å². The van der Waals surface area contributed by atoms with Crippen LogP contribution >= 0.6 is 0 Å². The Bertz CT molecular complexity index is 389. The molecular formula is C19H32FN. The molecule has 1 nitrogen and oxygen atoms in total. The minimum atomic E-state index is -0.0606. The molecule has 0 aromatic heterocycles. The predicted octanol–water partition coefficient (Wildman–Crippen LogP) is 5.06. The van der Waals surface area contributed by atoms with Crippen LogP contribution in [0.25, 0.3) is 0 Å². The Kier molecular flexibility index (Phi) is 8.60. The molecule has 2 unspecified atom stereocenters. The molecule has 2 atom stereocenters. The van der Waals surface area contributed by atoms with Crippen LogP contribution in [0.5, 0.6) is 0 Å². The van der Waals surface area contributed by atoms with E-state index < -0.39 is 0 Å². The van der Waals surface area contributed by atoms with Gasteiger partial charge in [0.15, 0.2) is 0 Å². The van der Waals surface area contributed by atoms with Gasteiger partial charge in [-0.05, 0) is 55.3 Å². The Hall–Kier alpha value is -0.890. The van der Waals surface area contributed by atoms with E-state index in [4.69, 9.17) is 0 Å². The Morgan fingerprint density at radius 2 is 1.81 bits per heavy atom. The second-order valence-electron chi connectivity index (χ2n) is 6.84. The zero-order valence-electron chi connectivity index (χ0n) is 14.2. The molecule has 0 spiro atoms. The minimum absolute atomic E-state index is 0.0606. The maximum Gasteiger partial charge on any atom is 0.126 e. The fraction of sp³-hybridized carbons (Fsp3) is 0.684. The second kappa shape index (κ2) is 9.94. The van der Waals surface area contributed by atoms with E-state index >= 15 is 0 Å². The van der Waals surface area contributed by atoms with E-state index in [0.29, 0.717) is 17.8 Å². The standard InChI is InChI=1S/C19H32FN/c1-5-8-16(4)11-17(14-21-13-15(2)3)12-18-9-6-7-10-19(18)20/h6-7,9-10,15-17,21H,5,8,11-14H2,1-4H3. The minimum Gasteiger partial charge on any atom is -0.316 e. The molecule has 1 aromatic carbocycles. The van der Waals surface area contributed by atoms with E-state index in [1.54, 1.807) is 12.1 Å². The number of rotatable bonds is 10. The van der Waals surface area contributed by atoms with Gasteiger partial charge >= 0.3 is 0 Å². The summed E-state index contributed by atoms with van der Waals surface area (Å²) < 4.78 is 13.9. The third-order valence-electron chi connectivity index (χ3n) is 3.97. The first-order valence-electron chi connectivity index (χ1n) is 8.47. The Balaban J connectivity index is 2.60. The summed E-state index contributed by atoms with van der Waals surface area (Å²) in [5.74, 6) is 1.83. The molecule has 0 aliphatic heterocycles. The number of hydrogen-bond donors (Lipinski definition) is 1. The van der Waals surface area contributed by atoms with Crippen molar-refractivity contribution in [3.05, 3.63) is 35.6 Å². The normalized spacial score (nSPS) is 14.4. The summed E-state index contributed by atoms with van der Waals surface area (Å²) in [6.45, 7) is 11.0. The second-order valence-corrected chi connectivity index (χ2v) is 6.84. The largest absolute Gasteiger partial charge is 0.316 e. The molecule has 0 aliphatic rings. The fourth-order valence-electron chi connectivity index (χ4n) is 2.97. The lowest BCUT2D eigenvalue weighted by Gasteiger charge is -2.22. The van der Waals surface area contributed by atoms with Crippen LogP contribution in [-0.4, -0.2) is 13.1 Å². The SMILES string of the molecule is CCCC(C)CC(CNCC(C)C)Cc1ccccc1F. The summed E-state index contributed by atoms with van der Waals surface area (Å²) >= 11 is 0. The van der Waals surface area contributed by atoms with Gasteiger partial charge in [-0.1, -0.05) is 58.7 Å². The average Bonchev–Trinajstić information content (AvgIpc) is 2.41. The summed E-state index contributed by atoms with van der Waals surface area (Å²) in [7, 11) is 0. The molecule has 0 fully saturated rings. The van der Waals surface area contributed by atoms with Gasteiger partial charge in [0.1, 0.15) is 5.82 Å². The lowest BCUT2D eigenvalue weighted by atomic mass is 9.88. The van der Waals surface area contributed by atoms with Gasteiger partial charge in [0.25, 0.3) is 0 Å². The fourth-order valence-corrected chi connectivity index (χ4v) is 2.97. The predicted molar refractivity (Wildman–Crippen MR) is 90.0 cm³/mol. The molecule has 0 radical (unpaired) electrons. The van der Waals surface area contributed by atoms with Gasteiger partial charge in [-0.3, -0.25) is 0 Å². The van der Waals surface area contributed by atoms with Gasteiger partial charge in [0.2, 0.25) is 0 Å². The smallest absolute Gasteiger partial charge is 0.126 e. The lowest BCUT2D eigenvalue weighted by molar-refractivity contribution is 0.345. The monoisotopic (exact) mass is 293 g/mol. The molecular weight excluding hydrogens is 261 g/mol. The van der Waals surface area contributed by atoms with Gasteiger partial charge in [-0.2, -0.15) is 0 Å². The van der Waals surface area contributed by atoms with Crippen LogP contribution in [0, 0.1) is 23.6 Å². The third-order valence-corrected chi connectivity index (χ3v) is 3.97. The van der Waals surface area contributed by atoms with Crippen molar-refractivity contribution in [1.29, 1.82) is 0 Å². The summed E-state index contributed by atoms with van der Waals surface area (Å²) in [6.07, 6.45) is 4.50. The zero-order valence-corrected chi connectivity index (χ0v) is 14.2. The van der Waals surface area contributed by atoms with Crippen LogP contribution in [0.3, 0.4) is 0 Å². The third kappa shape index (κ3) is 7.61. The highest BCUT2D eigenvalue weighted by molar-refractivity contribution is 5.17. The summed E-state index contributed by atoms with van der Waals surface area (Å²) in [5.41, 5.74) is 0.859. The number of hydrogen-bond acceptors (Lipinski definition) is 1. The van der Waals surface area contributed by atoms with E-state index in [2.05, 4.69) is 33.0 Å². The van der Waals surface area contributed by atoms with Gasteiger partial charge in [0.05, 0.1) is 0 Å². The first kappa shape index (κ1) is 18.2. The highest BCUT2D eigenvalue weighted by Gasteiger charge is 2.15.